The average molecular weight is 286 g/mol. The molecule has 0 bridgehead atoms. The van der Waals surface area contributed by atoms with Crippen molar-refractivity contribution in [1.82, 2.24) is 0 Å². The van der Waals surface area contributed by atoms with Crippen molar-refractivity contribution in [3.8, 4) is 0 Å². The topological polar surface area (TPSA) is 0 Å². The molecule has 0 N–H and O–H groups in total. The molecule has 0 nitrogen and oxygen atoms in total. The van der Waals surface area contributed by atoms with E-state index in [4.69, 9.17) is 0 Å². The maximum atomic E-state index is 2.36. The molecule has 0 radical (unpaired) electrons. The van der Waals surface area contributed by atoms with Crippen LogP contribution in [0.4, 0.5) is 0 Å². The Morgan fingerprint density at radius 1 is 0.591 bits per heavy atom. The lowest BCUT2D eigenvalue weighted by atomic mass is 9.64. The van der Waals surface area contributed by atoms with Crippen LogP contribution in [0, 0.1) is 0 Å². The van der Waals surface area contributed by atoms with Crippen molar-refractivity contribution >= 4 is 10.8 Å². The van der Waals surface area contributed by atoms with Crippen LogP contribution < -0.4 is 0 Å². The van der Waals surface area contributed by atoms with Crippen LogP contribution in [0.2, 0.25) is 0 Å². The van der Waals surface area contributed by atoms with E-state index >= 15 is 0 Å². The fourth-order valence-electron chi connectivity index (χ4n) is 4.27. The Balaban J connectivity index is 1.98. The van der Waals surface area contributed by atoms with Gasteiger partial charge >= 0.3 is 0 Å². The molecular weight excluding hydrogens is 264 g/mol. The molecule has 4 rings (SSSR count). The quantitative estimate of drug-likeness (QED) is 0.534. The SMILES string of the molecule is c1ccc(C2(c3cccc4ccccc34)CCCCC2)cc1. The van der Waals surface area contributed by atoms with Gasteiger partial charge in [-0.1, -0.05) is 92.1 Å². The van der Waals surface area contributed by atoms with Crippen molar-refractivity contribution in [2.24, 2.45) is 0 Å². The minimum atomic E-state index is 0.195. The number of benzene rings is 3. The summed E-state index contributed by atoms with van der Waals surface area (Å²) >= 11 is 0. The Kier molecular flexibility index (Phi) is 3.46. The number of fused-ring (bicyclic) bond motifs is 1. The summed E-state index contributed by atoms with van der Waals surface area (Å²) in [5.41, 5.74) is 3.21. The van der Waals surface area contributed by atoms with Crippen molar-refractivity contribution in [3.63, 3.8) is 0 Å². The highest BCUT2D eigenvalue weighted by atomic mass is 14.4. The maximum absolute atomic E-state index is 2.36. The van der Waals surface area contributed by atoms with Gasteiger partial charge in [0.2, 0.25) is 0 Å². The zero-order chi connectivity index (χ0) is 14.8. The first-order valence-corrected chi connectivity index (χ1v) is 8.44. The molecule has 1 aliphatic carbocycles. The molecule has 0 saturated heterocycles. The van der Waals surface area contributed by atoms with Crippen LogP contribution in [0.1, 0.15) is 43.2 Å². The van der Waals surface area contributed by atoms with Crippen molar-refractivity contribution in [3.05, 3.63) is 83.9 Å². The smallest absolute Gasteiger partial charge is 0.0209 e. The third-order valence-corrected chi connectivity index (χ3v) is 5.34. The number of hydrogen-bond donors (Lipinski definition) is 0. The highest BCUT2D eigenvalue weighted by Crippen LogP contribution is 2.46. The third-order valence-electron chi connectivity index (χ3n) is 5.34. The van der Waals surface area contributed by atoms with Crippen molar-refractivity contribution in [1.29, 1.82) is 0 Å². The molecule has 1 fully saturated rings. The molecule has 0 heteroatoms. The van der Waals surface area contributed by atoms with E-state index in [0.717, 1.165) is 0 Å². The Hall–Kier alpha value is -2.08. The highest BCUT2D eigenvalue weighted by Gasteiger charge is 2.36. The van der Waals surface area contributed by atoms with E-state index in [2.05, 4.69) is 72.8 Å². The van der Waals surface area contributed by atoms with Gasteiger partial charge in [-0.3, -0.25) is 0 Å². The highest BCUT2D eigenvalue weighted by molar-refractivity contribution is 5.87. The Morgan fingerprint density at radius 3 is 2.09 bits per heavy atom. The standard InChI is InChI=1S/C22H22/c1-3-12-19(13-4-1)22(16-7-2-8-17-22)21-15-9-11-18-10-5-6-14-20(18)21/h1,3-6,9-15H,2,7-8,16-17H2. The van der Waals surface area contributed by atoms with E-state index in [-0.39, 0.29) is 5.41 Å². The van der Waals surface area contributed by atoms with Gasteiger partial charge in [0.25, 0.3) is 0 Å². The predicted molar refractivity (Wildman–Crippen MR) is 94.3 cm³/mol. The Morgan fingerprint density at radius 2 is 1.27 bits per heavy atom. The first-order chi connectivity index (χ1) is 10.9. The molecule has 0 unspecified atom stereocenters. The van der Waals surface area contributed by atoms with Gasteiger partial charge in [-0.05, 0) is 34.7 Å². The molecule has 3 aromatic rings. The molecule has 0 atom stereocenters. The Labute approximate surface area is 132 Å². The normalized spacial score (nSPS) is 17.5. The van der Waals surface area contributed by atoms with Gasteiger partial charge in [-0.15, -0.1) is 0 Å². The minimum Gasteiger partial charge on any atom is -0.0622 e. The summed E-state index contributed by atoms with van der Waals surface area (Å²) in [5.74, 6) is 0. The summed E-state index contributed by atoms with van der Waals surface area (Å²) in [6.07, 6.45) is 6.58. The van der Waals surface area contributed by atoms with Crippen LogP contribution in [0.15, 0.2) is 72.8 Å². The average Bonchev–Trinajstić information content (AvgIpc) is 2.62. The summed E-state index contributed by atoms with van der Waals surface area (Å²) in [7, 11) is 0. The van der Waals surface area contributed by atoms with E-state index in [9.17, 15) is 0 Å². The second kappa shape index (κ2) is 5.61. The monoisotopic (exact) mass is 286 g/mol. The fraction of sp³-hybridized carbons (Fsp3) is 0.273. The molecule has 22 heavy (non-hydrogen) atoms. The van der Waals surface area contributed by atoms with Gasteiger partial charge < -0.3 is 0 Å². The Bertz CT molecular complexity index is 759. The fourth-order valence-corrected chi connectivity index (χ4v) is 4.27. The van der Waals surface area contributed by atoms with Crippen LogP contribution in [0.5, 0.6) is 0 Å². The molecule has 1 aliphatic rings. The van der Waals surface area contributed by atoms with Gasteiger partial charge in [0.05, 0.1) is 0 Å². The van der Waals surface area contributed by atoms with Crippen LogP contribution >= 0.6 is 0 Å². The second-order valence-electron chi connectivity index (χ2n) is 6.54. The van der Waals surface area contributed by atoms with Gasteiger partial charge in [0.1, 0.15) is 0 Å². The summed E-state index contributed by atoms with van der Waals surface area (Å²) in [5, 5.41) is 2.79. The van der Waals surface area contributed by atoms with Gasteiger partial charge in [0.15, 0.2) is 0 Å². The van der Waals surface area contributed by atoms with E-state index in [1.165, 1.54) is 54.0 Å². The van der Waals surface area contributed by atoms with Crippen molar-refractivity contribution < 1.29 is 0 Å². The van der Waals surface area contributed by atoms with Gasteiger partial charge in [-0.2, -0.15) is 0 Å². The maximum Gasteiger partial charge on any atom is 0.0209 e. The number of hydrogen-bond acceptors (Lipinski definition) is 0. The lowest BCUT2D eigenvalue weighted by Gasteiger charge is -2.39. The van der Waals surface area contributed by atoms with E-state index in [0.29, 0.717) is 0 Å². The van der Waals surface area contributed by atoms with Crippen LogP contribution in [0.3, 0.4) is 0 Å². The zero-order valence-corrected chi connectivity index (χ0v) is 13.0. The second-order valence-corrected chi connectivity index (χ2v) is 6.54. The molecule has 0 heterocycles. The molecular formula is C22H22. The molecule has 0 aliphatic heterocycles. The van der Waals surface area contributed by atoms with Gasteiger partial charge in [0, 0.05) is 5.41 Å². The largest absolute Gasteiger partial charge is 0.0622 e. The minimum absolute atomic E-state index is 0.195. The van der Waals surface area contributed by atoms with E-state index < -0.39 is 0 Å². The summed E-state index contributed by atoms with van der Waals surface area (Å²) in [6, 6.07) is 26.8. The lowest BCUT2D eigenvalue weighted by molar-refractivity contribution is 0.348. The van der Waals surface area contributed by atoms with Crippen LogP contribution in [-0.2, 0) is 5.41 Å². The molecule has 110 valence electrons. The van der Waals surface area contributed by atoms with E-state index in [1.54, 1.807) is 0 Å². The van der Waals surface area contributed by atoms with Crippen molar-refractivity contribution in [2.75, 3.05) is 0 Å². The molecule has 3 aromatic carbocycles. The molecule has 0 aromatic heterocycles. The summed E-state index contributed by atoms with van der Waals surface area (Å²) in [4.78, 5) is 0. The first-order valence-electron chi connectivity index (χ1n) is 8.44. The lowest BCUT2D eigenvalue weighted by Crippen LogP contribution is -2.30. The van der Waals surface area contributed by atoms with E-state index in [1.807, 2.05) is 0 Å². The first kappa shape index (κ1) is 13.6. The third kappa shape index (κ3) is 2.14. The number of rotatable bonds is 2. The predicted octanol–water partition coefficient (Wildman–Crippen LogP) is 6.09. The summed E-state index contributed by atoms with van der Waals surface area (Å²) < 4.78 is 0. The van der Waals surface area contributed by atoms with Crippen molar-refractivity contribution in [2.45, 2.75) is 37.5 Å². The molecule has 0 spiro atoms. The zero-order valence-electron chi connectivity index (χ0n) is 13.0. The van der Waals surface area contributed by atoms with Gasteiger partial charge in [-0.25, -0.2) is 0 Å². The van der Waals surface area contributed by atoms with Crippen LogP contribution in [0.25, 0.3) is 10.8 Å². The molecule has 1 saturated carbocycles. The molecule has 0 amide bonds. The van der Waals surface area contributed by atoms with Crippen LogP contribution in [-0.4, -0.2) is 0 Å². The summed E-state index contributed by atoms with van der Waals surface area (Å²) in [6.45, 7) is 0.